The molecule has 0 amide bonds. The normalized spacial score (nSPS) is 40.5. The largest absolute Gasteiger partial charge is 0.482 e. The highest BCUT2D eigenvalue weighted by Gasteiger charge is 2.76. The highest BCUT2D eigenvalue weighted by molar-refractivity contribution is 5.72. The Hall–Kier alpha value is -1.63. The lowest BCUT2D eigenvalue weighted by Gasteiger charge is -2.69. The molecule has 4 aliphatic rings. The molecular weight excluding hydrogens is 418 g/mol. The van der Waals surface area contributed by atoms with Gasteiger partial charge in [0.25, 0.3) is 0 Å². The van der Waals surface area contributed by atoms with E-state index < -0.39 is 11.2 Å². The van der Waals surface area contributed by atoms with Crippen molar-refractivity contribution in [2.24, 2.45) is 16.7 Å². The molecular formula is C27H39NO5. The van der Waals surface area contributed by atoms with Crippen molar-refractivity contribution in [2.45, 2.75) is 96.5 Å². The lowest BCUT2D eigenvalue weighted by atomic mass is 9.39. The summed E-state index contributed by atoms with van der Waals surface area (Å²) >= 11 is 0. The minimum atomic E-state index is -0.992. The maximum atomic E-state index is 12.0. The van der Waals surface area contributed by atoms with E-state index in [1.54, 1.807) is 7.11 Å². The fourth-order valence-electron chi connectivity index (χ4n) is 7.86. The molecule has 2 bridgehead atoms. The zero-order valence-electron chi connectivity index (χ0n) is 21.3. The number of rotatable bonds is 3. The SMILES string of the molecule is CO[C@]1(C)[C@@H](C(C)(O)C(C)(C)C)C[C@]2(C)[C@H]3Cc4ccc(OC(C)=O)c5c4C2(CCN3)[C@H]1O5. The van der Waals surface area contributed by atoms with Crippen LogP contribution in [0.4, 0.5) is 0 Å². The summed E-state index contributed by atoms with van der Waals surface area (Å²) in [6, 6.07) is 4.25. The van der Waals surface area contributed by atoms with Crippen LogP contribution in [-0.2, 0) is 21.4 Å². The fraction of sp³-hybridized carbons (Fsp3) is 0.741. The van der Waals surface area contributed by atoms with Crippen LogP contribution >= 0.6 is 0 Å². The monoisotopic (exact) mass is 457 g/mol. The number of aliphatic hydroxyl groups is 1. The average molecular weight is 458 g/mol. The molecule has 2 fully saturated rings. The highest BCUT2D eigenvalue weighted by Crippen LogP contribution is 2.72. The smallest absolute Gasteiger partial charge is 0.308 e. The number of ether oxygens (including phenoxy) is 3. The molecule has 1 aromatic rings. The Balaban J connectivity index is 1.78. The van der Waals surface area contributed by atoms with E-state index in [-0.39, 0.29) is 40.3 Å². The Morgan fingerprint density at radius 1 is 1.24 bits per heavy atom. The van der Waals surface area contributed by atoms with Crippen molar-refractivity contribution in [1.29, 1.82) is 0 Å². The number of nitrogens with one attached hydrogen (secondary N) is 1. The van der Waals surface area contributed by atoms with E-state index in [4.69, 9.17) is 14.2 Å². The van der Waals surface area contributed by atoms with Gasteiger partial charge in [-0.1, -0.05) is 33.8 Å². The molecule has 1 spiro atoms. The third kappa shape index (κ3) is 2.63. The van der Waals surface area contributed by atoms with Gasteiger partial charge in [-0.15, -0.1) is 0 Å². The highest BCUT2D eigenvalue weighted by atomic mass is 16.6. The van der Waals surface area contributed by atoms with Crippen LogP contribution in [0.15, 0.2) is 12.1 Å². The Labute approximate surface area is 197 Å². The van der Waals surface area contributed by atoms with Gasteiger partial charge in [0.05, 0.1) is 5.60 Å². The molecule has 182 valence electrons. The van der Waals surface area contributed by atoms with E-state index in [1.165, 1.54) is 18.1 Å². The van der Waals surface area contributed by atoms with Crippen LogP contribution in [0.2, 0.25) is 0 Å². The summed E-state index contributed by atoms with van der Waals surface area (Å²) in [4.78, 5) is 11.9. The molecule has 2 heterocycles. The Morgan fingerprint density at radius 2 is 1.94 bits per heavy atom. The number of hydrogen-bond acceptors (Lipinski definition) is 6. The zero-order chi connectivity index (χ0) is 24.2. The number of benzene rings is 1. The van der Waals surface area contributed by atoms with Gasteiger partial charge in [0.15, 0.2) is 11.5 Å². The van der Waals surface area contributed by atoms with Crippen LogP contribution in [-0.4, -0.2) is 48.1 Å². The van der Waals surface area contributed by atoms with Gasteiger partial charge >= 0.3 is 5.97 Å². The van der Waals surface area contributed by atoms with Gasteiger partial charge in [0.2, 0.25) is 0 Å². The second-order valence-electron chi connectivity index (χ2n) is 12.4. The van der Waals surface area contributed by atoms with Crippen molar-refractivity contribution >= 4 is 5.97 Å². The van der Waals surface area contributed by atoms with Crippen LogP contribution in [0.3, 0.4) is 0 Å². The van der Waals surface area contributed by atoms with Gasteiger partial charge < -0.3 is 24.6 Å². The molecule has 1 aromatic carbocycles. The summed E-state index contributed by atoms with van der Waals surface area (Å²) in [5.74, 6) is 0.668. The van der Waals surface area contributed by atoms with Crippen LogP contribution < -0.4 is 14.8 Å². The molecule has 1 saturated heterocycles. The van der Waals surface area contributed by atoms with Crippen LogP contribution in [0.5, 0.6) is 11.5 Å². The molecule has 0 aromatic heterocycles. The minimum Gasteiger partial charge on any atom is -0.482 e. The molecule has 2 aliphatic carbocycles. The van der Waals surface area contributed by atoms with Gasteiger partial charge in [-0.25, -0.2) is 0 Å². The van der Waals surface area contributed by atoms with E-state index in [0.717, 1.165) is 25.8 Å². The average Bonchev–Trinajstić information content (AvgIpc) is 3.06. The molecule has 33 heavy (non-hydrogen) atoms. The minimum absolute atomic E-state index is 0.152. The van der Waals surface area contributed by atoms with E-state index in [2.05, 4.69) is 46.0 Å². The van der Waals surface area contributed by atoms with E-state index in [1.807, 2.05) is 13.0 Å². The molecule has 6 heteroatoms. The van der Waals surface area contributed by atoms with E-state index >= 15 is 0 Å². The Bertz CT molecular complexity index is 1010. The number of piperidine rings is 1. The van der Waals surface area contributed by atoms with Crippen molar-refractivity contribution in [3.63, 3.8) is 0 Å². The lowest BCUT2D eigenvalue weighted by molar-refractivity contribution is -0.261. The molecule has 6 nitrogen and oxygen atoms in total. The lowest BCUT2D eigenvalue weighted by Crippen LogP contribution is -2.78. The van der Waals surface area contributed by atoms with Crippen molar-refractivity contribution in [1.82, 2.24) is 5.32 Å². The summed E-state index contributed by atoms with van der Waals surface area (Å²) < 4.78 is 18.9. The Kier molecular flexibility index (Phi) is 4.72. The summed E-state index contributed by atoms with van der Waals surface area (Å²) in [5.41, 5.74) is -0.0541. The van der Waals surface area contributed by atoms with Crippen molar-refractivity contribution in [3.8, 4) is 11.5 Å². The summed E-state index contributed by atoms with van der Waals surface area (Å²) in [7, 11) is 1.74. The van der Waals surface area contributed by atoms with E-state index in [0.29, 0.717) is 11.5 Å². The van der Waals surface area contributed by atoms with Crippen molar-refractivity contribution in [2.75, 3.05) is 13.7 Å². The molecule has 2 aliphatic heterocycles. The molecule has 0 radical (unpaired) electrons. The number of hydrogen-bond donors (Lipinski definition) is 2. The second-order valence-corrected chi connectivity index (χ2v) is 12.4. The van der Waals surface area contributed by atoms with Gasteiger partial charge in [-0.2, -0.15) is 0 Å². The summed E-state index contributed by atoms with van der Waals surface area (Å²) in [6.07, 6.45) is 2.32. The summed E-state index contributed by atoms with van der Waals surface area (Å²) in [6.45, 7) is 15.0. The number of methoxy groups -OCH3 is 1. The van der Waals surface area contributed by atoms with Gasteiger partial charge in [0, 0.05) is 37.0 Å². The van der Waals surface area contributed by atoms with Crippen LogP contribution in [0.25, 0.3) is 0 Å². The van der Waals surface area contributed by atoms with Crippen LogP contribution in [0, 0.1) is 16.7 Å². The first kappa shape index (κ1) is 23.1. The first-order valence-electron chi connectivity index (χ1n) is 12.3. The maximum Gasteiger partial charge on any atom is 0.308 e. The third-order valence-electron chi connectivity index (χ3n) is 10.2. The number of esters is 1. The first-order chi connectivity index (χ1) is 15.2. The molecule has 2 unspecified atom stereocenters. The maximum absolute atomic E-state index is 12.0. The van der Waals surface area contributed by atoms with Gasteiger partial charge in [-0.3, -0.25) is 4.79 Å². The third-order valence-corrected chi connectivity index (χ3v) is 10.2. The van der Waals surface area contributed by atoms with Gasteiger partial charge in [-0.05, 0) is 62.1 Å². The van der Waals surface area contributed by atoms with Crippen molar-refractivity contribution < 1.29 is 24.1 Å². The molecule has 1 saturated carbocycles. The number of carbonyl (C=O) groups excluding carboxylic acids is 1. The van der Waals surface area contributed by atoms with E-state index in [9.17, 15) is 9.90 Å². The predicted octanol–water partition coefficient (Wildman–Crippen LogP) is 3.76. The zero-order valence-corrected chi connectivity index (χ0v) is 21.3. The predicted molar refractivity (Wildman–Crippen MR) is 126 cm³/mol. The quantitative estimate of drug-likeness (QED) is 0.532. The van der Waals surface area contributed by atoms with Crippen LogP contribution in [0.1, 0.15) is 72.4 Å². The summed E-state index contributed by atoms with van der Waals surface area (Å²) in [5, 5.41) is 15.8. The van der Waals surface area contributed by atoms with Gasteiger partial charge in [0.1, 0.15) is 11.7 Å². The Morgan fingerprint density at radius 3 is 2.55 bits per heavy atom. The standard InChI is InChI=1S/C27H39NO5/c1-15(29)32-17-10-9-16-13-19-24(5)14-18(26(7,30)23(2,3)4)25(6,31-8)22-27(24,11-12-28-19)20(16)21(17)33-22/h9-10,18-19,22,28,30H,11-14H2,1-8H3/t18-,19+,22-,24+,25+,26?,27?/m0/s1. The number of carbonyl (C=O) groups is 1. The topological polar surface area (TPSA) is 77.0 Å². The molecule has 7 atom stereocenters. The first-order valence-corrected chi connectivity index (χ1v) is 12.3. The van der Waals surface area contributed by atoms with Crippen molar-refractivity contribution in [3.05, 3.63) is 23.3 Å². The molecule has 5 rings (SSSR count). The molecule has 2 N–H and O–H groups in total. The second kappa shape index (κ2) is 6.73. The fourth-order valence-corrected chi connectivity index (χ4v) is 7.86.